The molecule has 1 aromatic rings. The molecule has 14 heavy (non-hydrogen) atoms. The molecular weight excluding hydrogens is 174 g/mol. The summed E-state index contributed by atoms with van der Waals surface area (Å²) in [5.74, 6) is 0.200. The molecule has 0 amide bonds. The molecule has 0 bridgehead atoms. The summed E-state index contributed by atoms with van der Waals surface area (Å²) in [6.45, 7) is 0.447. The normalized spacial score (nSPS) is 14.1. The van der Waals surface area contributed by atoms with Crippen LogP contribution in [0.2, 0.25) is 0 Å². The van der Waals surface area contributed by atoms with Gasteiger partial charge in [0, 0.05) is 12.0 Å². The molecule has 0 fully saturated rings. The summed E-state index contributed by atoms with van der Waals surface area (Å²) < 4.78 is 0. The highest BCUT2D eigenvalue weighted by Crippen LogP contribution is 2.25. The molecule has 0 unspecified atom stereocenters. The summed E-state index contributed by atoms with van der Waals surface area (Å²) >= 11 is 0. The minimum Gasteiger partial charge on any atom is -0.330 e. The first-order chi connectivity index (χ1) is 6.83. The van der Waals surface area contributed by atoms with E-state index >= 15 is 0 Å². The Labute approximate surface area is 84.1 Å². The van der Waals surface area contributed by atoms with E-state index in [1.165, 1.54) is 17.5 Å². The number of Topliss-reactive ketones (excluding diaryl/α,β-unsaturated/α-hetero) is 1. The van der Waals surface area contributed by atoms with E-state index in [0.717, 1.165) is 18.4 Å². The molecule has 1 aliphatic rings. The van der Waals surface area contributed by atoms with Gasteiger partial charge in [0.1, 0.15) is 0 Å². The van der Waals surface area contributed by atoms with Crippen LogP contribution >= 0.6 is 0 Å². The third-order valence-electron chi connectivity index (χ3n) is 2.82. The van der Waals surface area contributed by atoms with Gasteiger partial charge in [0.25, 0.3) is 0 Å². The van der Waals surface area contributed by atoms with E-state index in [4.69, 9.17) is 5.73 Å². The lowest BCUT2D eigenvalue weighted by Crippen LogP contribution is -2.10. The number of nitrogens with two attached hydrogens (primary N) is 1. The van der Waals surface area contributed by atoms with Crippen LogP contribution < -0.4 is 5.73 Å². The van der Waals surface area contributed by atoms with E-state index in [0.29, 0.717) is 13.0 Å². The van der Waals surface area contributed by atoms with E-state index in [9.17, 15) is 4.79 Å². The van der Waals surface area contributed by atoms with Crippen molar-refractivity contribution >= 4 is 5.78 Å². The number of aryl methyl sites for hydroxylation is 1. The maximum atomic E-state index is 11.7. The van der Waals surface area contributed by atoms with E-state index in [1.54, 1.807) is 0 Å². The van der Waals surface area contributed by atoms with Gasteiger partial charge in [-0.2, -0.15) is 0 Å². The summed E-state index contributed by atoms with van der Waals surface area (Å²) in [6, 6.07) is 6.04. The Morgan fingerprint density at radius 1 is 1.36 bits per heavy atom. The topological polar surface area (TPSA) is 43.1 Å². The SMILES string of the molecule is NCCC(=O)c1cccc2c1CCC2. The number of fused-ring (bicyclic) bond motifs is 1. The van der Waals surface area contributed by atoms with Crippen molar-refractivity contribution in [1.29, 1.82) is 0 Å². The average molecular weight is 189 g/mol. The molecule has 2 N–H and O–H groups in total. The van der Waals surface area contributed by atoms with E-state index in [1.807, 2.05) is 12.1 Å². The second-order valence-corrected chi connectivity index (χ2v) is 3.76. The number of ketones is 1. The highest BCUT2D eigenvalue weighted by Gasteiger charge is 2.17. The Balaban J connectivity index is 2.34. The molecule has 0 saturated carbocycles. The zero-order valence-electron chi connectivity index (χ0n) is 8.25. The zero-order chi connectivity index (χ0) is 9.97. The fourth-order valence-corrected chi connectivity index (χ4v) is 2.15. The first-order valence-corrected chi connectivity index (χ1v) is 5.17. The Morgan fingerprint density at radius 2 is 2.21 bits per heavy atom. The molecule has 2 nitrogen and oxygen atoms in total. The highest BCUT2D eigenvalue weighted by molar-refractivity contribution is 5.98. The molecule has 0 atom stereocenters. The van der Waals surface area contributed by atoms with E-state index in [2.05, 4.69) is 6.07 Å². The van der Waals surface area contributed by atoms with Crippen LogP contribution in [0, 0.1) is 0 Å². The molecule has 0 aromatic heterocycles. The largest absolute Gasteiger partial charge is 0.330 e. The summed E-state index contributed by atoms with van der Waals surface area (Å²) in [5.41, 5.74) is 8.92. The predicted molar refractivity (Wildman–Crippen MR) is 56.5 cm³/mol. The van der Waals surface area contributed by atoms with Crippen LogP contribution in [0.1, 0.15) is 34.3 Å². The van der Waals surface area contributed by atoms with Gasteiger partial charge in [-0.1, -0.05) is 18.2 Å². The Hall–Kier alpha value is -1.15. The number of hydrogen-bond acceptors (Lipinski definition) is 2. The molecule has 2 rings (SSSR count). The van der Waals surface area contributed by atoms with Crippen LogP contribution in [0.3, 0.4) is 0 Å². The molecule has 1 aliphatic carbocycles. The van der Waals surface area contributed by atoms with Crippen molar-refractivity contribution in [2.24, 2.45) is 5.73 Å². The van der Waals surface area contributed by atoms with Crippen molar-refractivity contribution in [3.8, 4) is 0 Å². The fourth-order valence-electron chi connectivity index (χ4n) is 2.15. The first kappa shape index (κ1) is 9.41. The lowest BCUT2D eigenvalue weighted by Gasteiger charge is -2.06. The summed E-state index contributed by atoms with van der Waals surface area (Å²) in [5, 5.41) is 0. The van der Waals surface area contributed by atoms with Gasteiger partial charge in [-0.05, 0) is 36.9 Å². The molecular formula is C12H15NO. The predicted octanol–water partition coefficient (Wildman–Crippen LogP) is 1.71. The summed E-state index contributed by atoms with van der Waals surface area (Å²) in [7, 11) is 0. The standard InChI is InChI=1S/C12H15NO/c13-8-7-12(14)11-6-2-4-9-3-1-5-10(9)11/h2,4,6H,1,3,5,7-8,13H2. The van der Waals surface area contributed by atoms with Gasteiger partial charge in [0.2, 0.25) is 0 Å². The molecule has 1 aromatic carbocycles. The highest BCUT2D eigenvalue weighted by atomic mass is 16.1. The molecule has 74 valence electrons. The maximum Gasteiger partial charge on any atom is 0.164 e. The number of hydrogen-bond donors (Lipinski definition) is 1. The second-order valence-electron chi connectivity index (χ2n) is 3.76. The third-order valence-corrected chi connectivity index (χ3v) is 2.82. The van der Waals surface area contributed by atoms with Crippen molar-refractivity contribution in [3.63, 3.8) is 0 Å². The van der Waals surface area contributed by atoms with E-state index in [-0.39, 0.29) is 5.78 Å². The lowest BCUT2D eigenvalue weighted by molar-refractivity contribution is 0.0984. The molecule has 0 saturated heterocycles. The second kappa shape index (κ2) is 3.93. The molecule has 2 heteroatoms. The van der Waals surface area contributed by atoms with Crippen LogP contribution in [-0.2, 0) is 12.8 Å². The summed E-state index contributed by atoms with van der Waals surface area (Å²) in [4.78, 5) is 11.7. The van der Waals surface area contributed by atoms with Crippen LogP contribution in [0.5, 0.6) is 0 Å². The third kappa shape index (κ3) is 1.58. The first-order valence-electron chi connectivity index (χ1n) is 5.17. The van der Waals surface area contributed by atoms with Gasteiger partial charge in [-0.15, -0.1) is 0 Å². The van der Waals surface area contributed by atoms with E-state index < -0.39 is 0 Å². The van der Waals surface area contributed by atoms with Gasteiger partial charge < -0.3 is 5.73 Å². The van der Waals surface area contributed by atoms with Crippen LogP contribution in [0.15, 0.2) is 18.2 Å². The molecule has 0 radical (unpaired) electrons. The van der Waals surface area contributed by atoms with Crippen LogP contribution in [0.4, 0.5) is 0 Å². The Bertz CT molecular complexity index is 357. The number of benzene rings is 1. The molecule has 0 heterocycles. The minimum atomic E-state index is 0.200. The lowest BCUT2D eigenvalue weighted by atomic mass is 9.99. The Morgan fingerprint density at radius 3 is 3.00 bits per heavy atom. The minimum absolute atomic E-state index is 0.200. The average Bonchev–Trinajstić information content (AvgIpc) is 2.65. The van der Waals surface area contributed by atoms with Crippen molar-refractivity contribution in [1.82, 2.24) is 0 Å². The van der Waals surface area contributed by atoms with Crippen molar-refractivity contribution in [2.45, 2.75) is 25.7 Å². The summed E-state index contributed by atoms with van der Waals surface area (Å²) in [6.07, 6.45) is 3.83. The number of carbonyl (C=O) groups excluding carboxylic acids is 1. The molecule has 0 aliphatic heterocycles. The van der Waals surface area contributed by atoms with Crippen molar-refractivity contribution in [3.05, 3.63) is 34.9 Å². The maximum absolute atomic E-state index is 11.7. The zero-order valence-corrected chi connectivity index (χ0v) is 8.25. The van der Waals surface area contributed by atoms with Gasteiger partial charge in [-0.25, -0.2) is 0 Å². The van der Waals surface area contributed by atoms with Gasteiger partial charge in [0.15, 0.2) is 5.78 Å². The van der Waals surface area contributed by atoms with Crippen molar-refractivity contribution in [2.75, 3.05) is 6.54 Å². The van der Waals surface area contributed by atoms with Gasteiger partial charge >= 0.3 is 0 Å². The smallest absolute Gasteiger partial charge is 0.164 e. The van der Waals surface area contributed by atoms with Crippen LogP contribution in [-0.4, -0.2) is 12.3 Å². The van der Waals surface area contributed by atoms with Crippen molar-refractivity contribution < 1.29 is 4.79 Å². The number of carbonyl (C=O) groups is 1. The molecule has 0 spiro atoms. The fraction of sp³-hybridized carbons (Fsp3) is 0.417. The quantitative estimate of drug-likeness (QED) is 0.735. The van der Waals surface area contributed by atoms with Gasteiger partial charge in [-0.3, -0.25) is 4.79 Å². The van der Waals surface area contributed by atoms with Crippen LogP contribution in [0.25, 0.3) is 0 Å². The number of rotatable bonds is 3. The van der Waals surface area contributed by atoms with Gasteiger partial charge in [0.05, 0.1) is 0 Å². The monoisotopic (exact) mass is 189 g/mol. The Kier molecular flexibility index (Phi) is 2.64.